The zero-order chi connectivity index (χ0) is 24.7. The lowest BCUT2D eigenvalue weighted by molar-refractivity contribution is 0.0943. The van der Waals surface area contributed by atoms with Gasteiger partial charge in [0, 0.05) is 23.5 Å². The van der Waals surface area contributed by atoms with Crippen LogP contribution in [0.2, 0.25) is 0 Å². The summed E-state index contributed by atoms with van der Waals surface area (Å²) in [6, 6.07) is 32.6. The number of hydrogen-bond acceptors (Lipinski definition) is 5. The van der Waals surface area contributed by atoms with Gasteiger partial charge in [0.15, 0.2) is 5.82 Å². The van der Waals surface area contributed by atoms with Gasteiger partial charge in [-0.25, -0.2) is 4.39 Å². The van der Waals surface area contributed by atoms with Crippen molar-refractivity contribution in [3.8, 4) is 10.9 Å². The van der Waals surface area contributed by atoms with Gasteiger partial charge in [0.05, 0.1) is 6.04 Å². The van der Waals surface area contributed by atoms with Gasteiger partial charge in [0.25, 0.3) is 11.1 Å². The highest BCUT2D eigenvalue weighted by atomic mass is 32.1. The molecular weight excluding hydrogens is 473 g/mol. The highest BCUT2D eigenvalue weighted by molar-refractivity contribution is 7.07. The van der Waals surface area contributed by atoms with Crippen LogP contribution in [0.3, 0.4) is 0 Å². The van der Waals surface area contributed by atoms with E-state index in [2.05, 4.69) is 14.7 Å². The number of carbonyl (C=O) groups excluding carboxylic acids is 1. The van der Waals surface area contributed by atoms with Crippen LogP contribution in [0, 0.1) is 5.82 Å². The molecule has 1 heterocycles. The van der Waals surface area contributed by atoms with E-state index in [0.29, 0.717) is 28.8 Å². The lowest BCUT2D eigenvalue weighted by Gasteiger charge is -2.20. The maximum Gasteiger partial charge on any atom is 0.298 e. The lowest BCUT2D eigenvalue weighted by Crippen LogP contribution is -2.29. The Morgan fingerprint density at radius 1 is 0.833 bits per heavy atom. The predicted octanol–water partition coefficient (Wildman–Crippen LogP) is 6.58. The fourth-order valence-corrected chi connectivity index (χ4v) is 4.34. The van der Waals surface area contributed by atoms with E-state index in [1.165, 1.54) is 12.1 Å². The van der Waals surface area contributed by atoms with Crippen molar-refractivity contribution in [2.75, 3.05) is 0 Å². The number of ether oxygens (including phenoxy) is 1. The van der Waals surface area contributed by atoms with Gasteiger partial charge in [-0.3, -0.25) is 4.79 Å². The van der Waals surface area contributed by atoms with Gasteiger partial charge >= 0.3 is 0 Å². The Morgan fingerprint density at radius 3 is 2.06 bits per heavy atom. The second kappa shape index (κ2) is 10.9. The molecule has 1 amide bonds. The first-order valence-electron chi connectivity index (χ1n) is 11.4. The number of benzene rings is 4. The number of amides is 1. The number of carbonyl (C=O) groups is 1. The van der Waals surface area contributed by atoms with Gasteiger partial charge in [-0.2, -0.15) is 9.36 Å². The van der Waals surface area contributed by atoms with Gasteiger partial charge in [-0.05, 0) is 53.1 Å². The Balaban J connectivity index is 1.25. The van der Waals surface area contributed by atoms with Crippen LogP contribution in [0.5, 0.6) is 10.9 Å². The minimum atomic E-state index is -0.276. The molecule has 5 nitrogen and oxygen atoms in total. The van der Waals surface area contributed by atoms with E-state index in [9.17, 15) is 9.18 Å². The summed E-state index contributed by atoms with van der Waals surface area (Å²) in [7, 11) is 0. The molecule has 0 bridgehead atoms. The molecule has 4 aromatic carbocycles. The van der Waals surface area contributed by atoms with Crippen LogP contribution in [0.4, 0.5) is 4.39 Å². The van der Waals surface area contributed by atoms with Crippen molar-refractivity contribution >= 4 is 17.4 Å². The Bertz CT molecular complexity index is 1380. The summed E-state index contributed by atoms with van der Waals surface area (Å²) in [5, 5.41) is 3.54. The monoisotopic (exact) mass is 495 g/mol. The van der Waals surface area contributed by atoms with E-state index in [-0.39, 0.29) is 17.8 Å². The van der Waals surface area contributed by atoms with Crippen molar-refractivity contribution in [2.24, 2.45) is 0 Å². The summed E-state index contributed by atoms with van der Waals surface area (Å²) in [6.07, 6.45) is 0.489. The van der Waals surface area contributed by atoms with Gasteiger partial charge in [0.2, 0.25) is 0 Å². The summed E-state index contributed by atoms with van der Waals surface area (Å²) in [5.74, 6) is 0.697. The fourth-order valence-electron chi connectivity index (χ4n) is 3.78. The highest BCUT2D eigenvalue weighted by Crippen LogP contribution is 2.26. The third-order valence-electron chi connectivity index (χ3n) is 5.59. The number of nitrogens with one attached hydrogen (secondary N) is 1. The van der Waals surface area contributed by atoms with E-state index in [1.807, 2.05) is 60.7 Å². The highest BCUT2D eigenvalue weighted by Gasteiger charge is 2.18. The predicted molar refractivity (Wildman–Crippen MR) is 138 cm³/mol. The Morgan fingerprint density at radius 2 is 1.44 bits per heavy atom. The van der Waals surface area contributed by atoms with Crippen LogP contribution in [0.1, 0.15) is 38.9 Å². The molecule has 7 heteroatoms. The Hall–Kier alpha value is -4.36. The number of halogens is 1. The summed E-state index contributed by atoms with van der Waals surface area (Å²) in [4.78, 5) is 17.5. The smallest absolute Gasteiger partial charge is 0.298 e. The Labute approximate surface area is 212 Å². The van der Waals surface area contributed by atoms with Crippen LogP contribution in [-0.2, 0) is 6.42 Å². The third-order valence-corrected chi connectivity index (χ3v) is 6.22. The average molecular weight is 496 g/mol. The van der Waals surface area contributed by atoms with E-state index in [4.69, 9.17) is 4.74 Å². The standard InChI is InChI=1S/C29H22FN3O2S/c30-24-15-11-20(12-16-24)19-26-31-29(36-33-26)35-25-17-13-23(14-18-25)28(34)32-27(21-7-3-1-4-8-21)22-9-5-2-6-10-22/h1-18,27H,19H2,(H,32,34). The molecule has 0 saturated heterocycles. The molecule has 0 radical (unpaired) electrons. The molecule has 0 aliphatic heterocycles. The first-order chi connectivity index (χ1) is 17.6. The molecule has 5 aromatic rings. The summed E-state index contributed by atoms with van der Waals surface area (Å²) >= 11 is 1.14. The Kier molecular flexibility index (Phi) is 7.10. The van der Waals surface area contributed by atoms with E-state index in [1.54, 1.807) is 36.4 Å². The van der Waals surface area contributed by atoms with Crippen molar-refractivity contribution < 1.29 is 13.9 Å². The molecule has 0 aliphatic rings. The molecule has 0 atom stereocenters. The second-order valence-corrected chi connectivity index (χ2v) is 8.85. The van der Waals surface area contributed by atoms with E-state index in [0.717, 1.165) is 28.2 Å². The molecule has 0 aliphatic carbocycles. The van der Waals surface area contributed by atoms with E-state index < -0.39 is 0 Å². The maximum atomic E-state index is 13.1. The van der Waals surface area contributed by atoms with Gasteiger partial charge < -0.3 is 10.1 Å². The lowest BCUT2D eigenvalue weighted by atomic mass is 9.98. The number of hydrogen-bond donors (Lipinski definition) is 1. The molecule has 1 N–H and O–H groups in total. The molecule has 36 heavy (non-hydrogen) atoms. The number of aromatic nitrogens is 2. The maximum absolute atomic E-state index is 13.1. The second-order valence-electron chi connectivity index (χ2n) is 8.13. The topological polar surface area (TPSA) is 64.1 Å². The quantitative estimate of drug-likeness (QED) is 0.264. The van der Waals surface area contributed by atoms with Crippen molar-refractivity contribution in [1.29, 1.82) is 0 Å². The van der Waals surface area contributed by atoms with Crippen molar-refractivity contribution in [2.45, 2.75) is 12.5 Å². The van der Waals surface area contributed by atoms with Gasteiger partial charge in [-0.1, -0.05) is 72.8 Å². The molecule has 1 aromatic heterocycles. The number of nitrogens with zero attached hydrogens (tertiary/aromatic N) is 2. The normalized spacial score (nSPS) is 10.8. The molecule has 0 unspecified atom stereocenters. The molecule has 0 spiro atoms. The zero-order valence-electron chi connectivity index (χ0n) is 19.2. The zero-order valence-corrected chi connectivity index (χ0v) is 20.0. The summed E-state index contributed by atoms with van der Waals surface area (Å²) < 4.78 is 23.2. The van der Waals surface area contributed by atoms with Crippen LogP contribution < -0.4 is 10.1 Å². The molecule has 5 rings (SSSR count). The minimum Gasteiger partial charge on any atom is -0.430 e. The largest absolute Gasteiger partial charge is 0.430 e. The van der Waals surface area contributed by atoms with Gasteiger partial charge in [0.1, 0.15) is 11.6 Å². The molecule has 178 valence electrons. The van der Waals surface area contributed by atoms with Crippen molar-refractivity contribution in [3.05, 3.63) is 143 Å². The van der Waals surface area contributed by atoms with Crippen LogP contribution >= 0.6 is 11.5 Å². The first kappa shape index (κ1) is 23.4. The minimum absolute atomic E-state index is 0.184. The summed E-state index contributed by atoms with van der Waals surface area (Å²) in [5.41, 5.74) is 3.45. The number of rotatable bonds is 8. The third kappa shape index (κ3) is 5.82. The van der Waals surface area contributed by atoms with Crippen LogP contribution in [0.15, 0.2) is 109 Å². The SMILES string of the molecule is O=C(NC(c1ccccc1)c1ccccc1)c1ccc(Oc2nc(Cc3ccc(F)cc3)ns2)cc1. The fraction of sp³-hybridized carbons (Fsp3) is 0.0690. The van der Waals surface area contributed by atoms with Crippen molar-refractivity contribution in [1.82, 2.24) is 14.7 Å². The molecule has 0 fully saturated rings. The van der Waals surface area contributed by atoms with Crippen LogP contribution in [-0.4, -0.2) is 15.3 Å². The summed E-state index contributed by atoms with van der Waals surface area (Å²) in [6.45, 7) is 0. The average Bonchev–Trinajstić information content (AvgIpc) is 3.36. The van der Waals surface area contributed by atoms with Crippen molar-refractivity contribution in [3.63, 3.8) is 0 Å². The molecule has 0 saturated carbocycles. The molecular formula is C29H22FN3O2S. The van der Waals surface area contributed by atoms with E-state index >= 15 is 0 Å². The first-order valence-corrected chi connectivity index (χ1v) is 12.2. The van der Waals surface area contributed by atoms with Gasteiger partial charge in [-0.15, -0.1) is 0 Å². The van der Waals surface area contributed by atoms with Crippen LogP contribution in [0.25, 0.3) is 0 Å².